The monoisotopic (exact) mass is 271 g/mol. The molecule has 4 heteroatoms. The lowest BCUT2D eigenvalue weighted by Crippen LogP contribution is -2.24. The van der Waals surface area contributed by atoms with E-state index in [0.717, 1.165) is 36.5 Å². The number of Topliss-reactive ketones (excluding diaryl/α,β-unsaturated/α-hetero) is 1. The van der Waals surface area contributed by atoms with E-state index in [-0.39, 0.29) is 5.92 Å². The molecule has 1 saturated heterocycles. The van der Waals surface area contributed by atoms with Crippen molar-refractivity contribution in [2.24, 2.45) is 11.8 Å². The summed E-state index contributed by atoms with van der Waals surface area (Å²) in [6.45, 7) is 6.85. The molecule has 0 aliphatic carbocycles. The molecule has 1 aliphatic rings. The summed E-state index contributed by atoms with van der Waals surface area (Å²) >= 11 is 0. The van der Waals surface area contributed by atoms with Gasteiger partial charge in [0, 0.05) is 19.0 Å². The number of hydrogen-bond donors (Lipinski definition) is 1. The van der Waals surface area contributed by atoms with Crippen LogP contribution >= 0.6 is 0 Å². The number of ketones is 1. The first-order valence-corrected chi connectivity index (χ1v) is 7.38. The zero-order valence-electron chi connectivity index (χ0n) is 12.1. The van der Waals surface area contributed by atoms with Crippen molar-refractivity contribution in [2.45, 2.75) is 26.8 Å². The van der Waals surface area contributed by atoms with Gasteiger partial charge in [-0.3, -0.25) is 4.79 Å². The number of imidazole rings is 1. The number of rotatable bonds is 4. The molecular formula is C16H21N3O. The average molecular weight is 271 g/mol. The summed E-state index contributed by atoms with van der Waals surface area (Å²) in [5, 5.41) is 3.30. The molecule has 1 N–H and O–H groups in total. The van der Waals surface area contributed by atoms with Crippen molar-refractivity contribution in [1.82, 2.24) is 14.9 Å². The molecule has 1 aromatic carbocycles. The number of benzene rings is 1. The Labute approximate surface area is 119 Å². The lowest BCUT2D eigenvalue weighted by atomic mass is 9.92. The van der Waals surface area contributed by atoms with E-state index >= 15 is 0 Å². The molecule has 0 radical (unpaired) electrons. The number of nitrogens with zero attached hydrogens (tertiary/aromatic N) is 2. The van der Waals surface area contributed by atoms with Gasteiger partial charge in [-0.05, 0) is 31.5 Å². The molecular weight excluding hydrogens is 250 g/mol. The number of para-hydroxylation sites is 2. The minimum absolute atomic E-state index is 0.139. The van der Waals surface area contributed by atoms with Gasteiger partial charge >= 0.3 is 0 Å². The number of aryl methyl sites for hydroxylation is 1. The smallest absolute Gasteiger partial charge is 0.145 e. The quantitative estimate of drug-likeness (QED) is 0.925. The Balaban J connectivity index is 1.88. The van der Waals surface area contributed by atoms with E-state index in [2.05, 4.69) is 34.8 Å². The summed E-state index contributed by atoms with van der Waals surface area (Å²) in [6, 6.07) is 8.09. The highest BCUT2D eigenvalue weighted by molar-refractivity contribution is 5.85. The molecule has 0 bridgehead atoms. The van der Waals surface area contributed by atoms with E-state index in [4.69, 9.17) is 0 Å². The first-order chi connectivity index (χ1) is 9.70. The Hall–Kier alpha value is -1.68. The Bertz CT molecular complexity index is 632. The van der Waals surface area contributed by atoms with Crippen molar-refractivity contribution in [1.29, 1.82) is 0 Å². The Morgan fingerprint density at radius 2 is 2.20 bits per heavy atom. The molecule has 2 atom stereocenters. The number of carbonyl (C=O) groups is 1. The Morgan fingerprint density at radius 3 is 2.90 bits per heavy atom. The van der Waals surface area contributed by atoms with Gasteiger partial charge in [-0.2, -0.15) is 0 Å². The third-order valence-corrected chi connectivity index (χ3v) is 4.31. The Kier molecular flexibility index (Phi) is 3.57. The lowest BCUT2D eigenvalue weighted by molar-refractivity contribution is -0.122. The number of aromatic nitrogens is 2. The van der Waals surface area contributed by atoms with E-state index in [1.54, 1.807) is 0 Å². The fourth-order valence-corrected chi connectivity index (χ4v) is 3.14. The predicted molar refractivity (Wildman–Crippen MR) is 79.6 cm³/mol. The van der Waals surface area contributed by atoms with Gasteiger partial charge in [-0.15, -0.1) is 0 Å². The van der Waals surface area contributed by atoms with Gasteiger partial charge in [0.15, 0.2) is 0 Å². The van der Waals surface area contributed by atoms with E-state index in [1.165, 1.54) is 0 Å². The van der Waals surface area contributed by atoms with Crippen LogP contribution in [0.5, 0.6) is 0 Å². The third kappa shape index (κ3) is 2.24. The SMILES string of the molecule is CCn1c(CC(=O)C2CNCC2C)nc2ccccc21. The molecule has 1 fully saturated rings. The highest BCUT2D eigenvalue weighted by Crippen LogP contribution is 2.21. The normalized spacial score (nSPS) is 22.5. The fraction of sp³-hybridized carbons (Fsp3) is 0.500. The van der Waals surface area contributed by atoms with Crippen LogP contribution in [0.25, 0.3) is 11.0 Å². The molecule has 0 saturated carbocycles. The van der Waals surface area contributed by atoms with Gasteiger partial charge in [-0.1, -0.05) is 19.1 Å². The lowest BCUT2D eigenvalue weighted by Gasteiger charge is -2.13. The second-order valence-electron chi connectivity index (χ2n) is 5.65. The van der Waals surface area contributed by atoms with Crippen molar-refractivity contribution in [3.63, 3.8) is 0 Å². The van der Waals surface area contributed by atoms with Crippen molar-refractivity contribution in [3.8, 4) is 0 Å². The van der Waals surface area contributed by atoms with Crippen molar-refractivity contribution >= 4 is 16.8 Å². The molecule has 3 rings (SSSR count). The fourth-order valence-electron chi connectivity index (χ4n) is 3.14. The highest BCUT2D eigenvalue weighted by atomic mass is 16.1. The predicted octanol–water partition coefficient (Wildman–Crippen LogP) is 2.02. The molecule has 2 aromatic rings. The minimum Gasteiger partial charge on any atom is -0.328 e. The Morgan fingerprint density at radius 1 is 1.40 bits per heavy atom. The topological polar surface area (TPSA) is 46.9 Å². The van der Waals surface area contributed by atoms with Gasteiger partial charge in [-0.25, -0.2) is 4.98 Å². The van der Waals surface area contributed by atoms with Gasteiger partial charge in [0.05, 0.1) is 17.5 Å². The summed E-state index contributed by atoms with van der Waals surface area (Å²) in [5.74, 6) is 1.78. The van der Waals surface area contributed by atoms with Gasteiger partial charge in [0.1, 0.15) is 11.6 Å². The van der Waals surface area contributed by atoms with Crippen LogP contribution in [0.2, 0.25) is 0 Å². The molecule has 2 unspecified atom stereocenters. The van der Waals surface area contributed by atoms with Gasteiger partial charge in [0.2, 0.25) is 0 Å². The summed E-state index contributed by atoms with van der Waals surface area (Å²) in [6.07, 6.45) is 0.444. The number of hydrogen-bond acceptors (Lipinski definition) is 3. The third-order valence-electron chi connectivity index (χ3n) is 4.31. The second kappa shape index (κ2) is 5.37. The molecule has 106 valence electrons. The van der Waals surface area contributed by atoms with Crippen LogP contribution < -0.4 is 5.32 Å². The van der Waals surface area contributed by atoms with Crippen molar-refractivity contribution < 1.29 is 4.79 Å². The summed E-state index contributed by atoms with van der Waals surface area (Å²) in [4.78, 5) is 17.1. The van der Waals surface area contributed by atoms with Crippen LogP contribution in [0.3, 0.4) is 0 Å². The van der Waals surface area contributed by atoms with E-state index < -0.39 is 0 Å². The summed E-state index contributed by atoms with van der Waals surface area (Å²) < 4.78 is 2.15. The largest absolute Gasteiger partial charge is 0.328 e. The van der Waals surface area contributed by atoms with Crippen molar-refractivity contribution in [2.75, 3.05) is 13.1 Å². The maximum absolute atomic E-state index is 12.5. The van der Waals surface area contributed by atoms with Crippen LogP contribution in [0, 0.1) is 11.8 Å². The van der Waals surface area contributed by atoms with E-state index in [0.29, 0.717) is 18.1 Å². The molecule has 2 heterocycles. The van der Waals surface area contributed by atoms with E-state index in [9.17, 15) is 4.79 Å². The maximum Gasteiger partial charge on any atom is 0.145 e. The zero-order chi connectivity index (χ0) is 14.1. The zero-order valence-corrected chi connectivity index (χ0v) is 12.1. The van der Waals surface area contributed by atoms with E-state index in [1.807, 2.05) is 18.2 Å². The van der Waals surface area contributed by atoms with Crippen LogP contribution in [0.4, 0.5) is 0 Å². The number of nitrogens with one attached hydrogen (secondary N) is 1. The molecule has 0 spiro atoms. The van der Waals surface area contributed by atoms with Crippen molar-refractivity contribution in [3.05, 3.63) is 30.1 Å². The van der Waals surface area contributed by atoms with Crippen LogP contribution in [-0.2, 0) is 17.8 Å². The molecule has 1 aromatic heterocycles. The number of fused-ring (bicyclic) bond motifs is 1. The standard InChI is InChI=1S/C16H21N3O/c1-3-19-14-7-5-4-6-13(14)18-16(19)8-15(20)12-10-17-9-11(12)2/h4-7,11-12,17H,3,8-10H2,1-2H3. The molecule has 1 aliphatic heterocycles. The minimum atomic E-state index is 0.139. The van der Waals surface area contributed by atoms with Gasteiger partial charge < -0.3 is 9.88 Å². The maximum atomic E-state index is 12.5. The second-order valence-corrected chi connectivity index (χ2v) is 5.65. The average Bonchev–Trinajstić information content (AvgIpc) is 3.01. The highest BCUT2D eigenvalue weighted by Gasteiger charge is 2.30. The van der Waals surface area contributed by atoms with Gasteiger partial charge in [0.25, 0.3) is 0 Å². The summed E-state index contributed by atoms with van der Waals surface area (Å²) in [7, 11) is 0. The van der Waals surface area contributed by atoms with Crippen LogP contribution in [0.15, 0.2) is 24.3 Å². The number of carbonyl (C=O) groups excluding carboxylic acids is 1. The summed E-state index contributed by atoms with van der Waals surface area (Å²) in [5.41, 5.74) is 2.10. The van der Waals surface area contributed by atoms with Crippen LogP contribution in [0.1, 0.15) is 19.7 Å². The first-order valence-electron chi connectivity index (χ1n) is 7.38. The first kappa shape index (κ1) is 13.3. The molecule has 20 heavy (non-hydrogen) atoms. The molecule has 0 amide bonds. The molecule has 4 nitrogen and oxygen atoms in total. The van der Waals surface area contributed by atoms with Crippen LogP contribution in [-0.4, -0.2) is 28.4 Å².